The van der Waals surface area contributed by atoms with Crippen molar-refractivity contribution < 1.29 is 19.5 Å². The van der Waals surface area contributed by atoms with Crippen molar-refractivity contribution in [3.8, 4) is 11.3 Å². The molecule has 1 aromatic carbocycles. The summed E-state index contributed by atoms with van der Waals surface area (Å²) in [4.78, 5) is 16.2. The van der Waals surface area contributed by atoms with E-state index in [1.165, 1.54) is 6.92 Å². The molecule has 0 aliphatic carbocycles. The Morgan fingerprint density at radius 3 is 2.66 bits per heavy atom. The molecule has 0 saturated heterocycles. The molecule has 1 N–H and O–H groups in total. The lowest BCUT2D eigenvalue weighted by atomic mass is 9.84. The number of benzene rings is 1. The molecular weight excluding hydrogens is 534 g/mol. The number of aromatic nitrogens is 2. The van der Waals surface area contributed by atoms with Gasteiger partial charge in [0.25, 0.3) is 0 Å². The first kappa shape index (κ1) is 27.2. The minimum absolute atomic E-state index is 0.0472. The topological polar surface area (TPSA) is 85.9 Å². The van der Waals surface area contributed by atoms with E-state index >= 15 is 0 Å². The molecule has 9 heteroatoms. The van der Waals surface area contributed by atoms with Gasteiger partial charge in [-0.25, -0.2) is 0 Å². The van der Waals surface area contributed by atoms with Gasteiger partial charge < -0.3 is 19.2 Å². The Kier molecular flexibility index (Phi) is 8.62. The lowest BCUT2D eigenvalue weighted by molar-refractivity contribution is -0.143. The van der Waals surface area contributed by atoms with Crippen LogP contribution in [0.1, 0.15) is 57.5 Å². The lowest BCUT2D eigenvalue weighted by Crippen LogP contribution is -2.24. The number of fused-ring (bicyclic) bond motifs is 1. The number of oxime groups is 1. The molecule has 2 heterocycles. The first-order chi connectivity index (χ1) is 16.5. The number of carbonyl (C=O) groups excluding carboxylic acids is 1. The quantitative estimate of drug-likeness (QED) is 0.135. The first-order valence-electron chi connectivity index (χ1n) is 11.4. The van der Waals surface area contributed by atoms with E-state index in [0.29, 0.717) is 18.5 Å². The molecule has 0 aliphatic heterocycles. The highest BCUT2D eigenvalue weighted by Gasteiger charge is 2.29. The van der Waals surface area contributed by atoms with Gasteiger partial charge >= 0.3 is 5.97 Å². The number of halogens is 2. The molecule has 0 aliphatic rings. The number of hydrogen-bond acceptors (Lipinski definition) is 6. The van der Waals surface area contributed by atoms with E-state index in [9.17, 15) is 10.0 Å². The fourth-order valence-electron chi connectivity index (χ4n) is 4.31. The lowest BCUT2D eigenvalue weighted by Gasteiger charge is -2.25. The van der Waals surface area contributed by atoms with E-state index in [-0.39, 0.29) is 29.3 Å². The molecule has 1 atom stereocenters. The second kappa shape index (κ2) is 11.1. The molecule has 0 saturated carbocycles. The van der Waals surface area contributed by atoms with Crippen LogP contribution in [0.5, 0.6) is 0 Å². The van der Waals surface area contributed by atoms with Crippen LogP contribution in [0.15, 0.2) is 40.1 Å². The summed E-state index contributed by atoms with van der Waals surface area (Å²) in [7, 11) is 1.64. The van der Waals surface area contributed by atoms with E-state index in [1.807, 2.05) is 19.1 Å². The van der Waals surface area contributed by atoms with Crippen molar-refractivity contribution in [1.82, 2.24) is 9.55 Å². The third-order valence-corrected chi connectivity index (χ3v) is 6.79. The van der Waals surface area contributed by atoms with Gasteiger partial charge in [-0.1, -0.05) is 46.5 Å². The smallest absolute Gasteiger partial charge is 0.302 e. The molecular formula is C26H31BrClN3O4. The molecule has 0 amide bonds. The van der Waals surface area contributed by atoms with E-state index < -0.39 is 0 Å². The zero-order valence-electron chi connectivity index (χ0n) is 20.9. The maximum atomic E-state index is 11.5. The molecule has 35 heavy (non-hydrogen) atoms. The van der Waals surface area contributed by atoms with Crippen LogP contribution in [-0.2, 0) is 27.2 Å². The second-order valence-electron chi connectivity index (χ2n) is 9.28. The maximum absolute atomic E-state index is 11.5. The van der Waals surface area contributed by atoms with Crippen molar-refractivity contribution in [2.75, 3.05) is 13.7 Å². The van der Waals surface area contributed by atoms with E-state index in [0.717, 1.165) is 37.9 Å². The summed E-state index contributed by atoms with van der Waals surface area (Å²) < 4.78 is 14.3. The number of pyridine rings is 1. The van der Waals surface area contributed by atoms with Crippen LogP contribution >= 0.6 is 27.5 Å². The van der Waals surface area contributed by atoms with E-state index in [4.69, 9.17) is 21.1 Å². The molecule has 3 rings (SSSR count). The third kappa shape index (κ3) is 5.88. The minimum Gasteiger partial charge on any atom is -0.465 e. The standard InChI is InChI=1S/C26H31BrClN3O4/c1-7-31-22-9-8-18(27)11-19(22)21(12-26(4,5)14-35-16(3)32)24(31)20-10-17(25(28)30-33)13-29-23(20)15(2)34-6/h8-11,13,15,33H,7,12,14H2,1-6H3/b30-25-/t15-/m0/s1. The summed E-state index contributed by atoms with van der Waals surface area (Å²) in [5, 5.41) is 13.5. The predicted molar refractivity (Wildman–Crippen MR) is 142 cm³/mol. The highest BCUT2D eigenvalue weighted by molar-refractivity contribution is 9.10. The molecule has 0 bridgehead atoms. The van der Waals surface area contributed by atoms with Gasteiger partial charge in [-0.05, 0) is 50.1 Å². The van der Waals surface area contributed by atoms with Crippen molar-refractivity contribution in [3.05, 3.63) is 51.8 Å². The van der Waals surface area contributed by atoms with Crippen molar-refractivity contribution in [3.63, 3.8) is 0 Å². The second-order valence-corrected chi connectivity index (χ2v) is 10.6. The maximum Gasteiger partial charge on any atom is 0.302 e. The van der Waals surface area contributed by atoms with E-state index in [1.54, 1.807) is 13.3 Å². The summed E-state index contributed by atoms with van der Waals surface area (Å²) in [6.45, 7) is 10.6. The largest absolute Gasteiger partial charge is 0.465 e. The predicted octanol–water partition coefficient (Wildman–Crippen LogP) is 6.70. The number of aryl methyl sites for hydroxylation is 1. The van der Waals surface area contributed by atoms with Gasteiger partial charge in [-0.15, -0.1) is 0 Å². The monoisotopic (exact) mass is 563 g/mol. The van der Waals surface area contributed by atoms with Gasteiger partial charge in [0, 0.05) is 58.7 Å². The van der Waals surface area contributed by atoms with Crippen molar-refractivity contribution in [2.45, 2.75) is 53.7 Å². The highest BCUT2D eigenvalue weighted by atomic mass is 79.9. The Morgan fingerprint density at radius 1 is 1.34 bits per heavy atom. The summed E-state index contributed by atoms with van der Waals surface area (Å²) in [6, 6.07) is 8.11. The van der Waals surface area contributed by atoms with Crippen molar-refractivity contribution >= 4 is 49.6 Å². The molecule has 0 unspecified atom stereocenters. The number of hydrogen-bond donors (Lipinski definition) is 1. The Hall–Kier alpha value is -2.42. The zero-order chi connectivity index (χ0) is 25.9. The highest BCUT2D eigenvalue weighted by Crippen LogP contribution is 2.41. The summed E-state index contributed by atoms with van der Waals surface area (Å²) >= 11 is 9.80. The van der Waals surface area contributed by atoms with Crippen LogP contribution in [0.3, 0.4) is 0 Å². The SMILES string of the molecule is CCn1c(-c2cc(/C(Cl)=N/O)cnc2[C@H](C)OC)c(CC(C)(C)COC(C)=O)c2cc(Br)ccc21. The average molecular weight is 565 g/mol. The molecule has 0 fully saturated rings. The van der Waals surface area contributed by atoms with Gasteiger partial charge in [0.2, 0.25) is 0 Å². The molecule has 188 valence electrons. The van der Waals surface area contributed by atoms with Crippen LogP contribution in [0.2, 0.25) is 0 Å². The van der Waals surface area contributed by atoms with Gasteiger partial charge in [-0.2, -0.15) is 0 Å². The summed E-state index contributed by atoms with van der Waals surface area (Å²) in [6.07, 6.45) is 1.93. The minimum atomic E-state index is -0.335. The fourth-order valence-corrected chi connectivity index (χ4v) is 4.77. The van der Waals surface area contributed by atoms with Crippen LogP contribution in [-0.4, -0.2) is 39.6 Å². The number of methoxy groups -OCH3 is 1. The van der Waals surface area contributed by atoms with Crippen LogP contribution in [0, 0.1) is 5.41 Å². The Balaban J connectivity index is 2.38. The average Bonchev–Trinajstić information content (AvgIpc) is 3.12. The summed E-state index contributed by atoms with van der Waals surface area (Å²) in [5.74, 6) is -0.303. The number of carbonyl (C=O) groups is 1. The normalized spacial score (nSPS) is 13.3. The number of nitrogens with zero attached hydrogens (tertiary/aromatic N) is 3. The van der Waals surface area contributed by atoms with Gasteiger partial charge in [0.05, 0.1) is 24.1 Å². The molecule has 3 aromatic rings. The number of rotatable bonds is 9. The van der Waals surface area contributed by atoms with Crippen molar-refractivity contribution in [1.29, 1.82) is 0 Å². The molecule has 2 aromatic heterocycles. The van der Waals surface area contributed by atoms with Gasteiger partial charge in [0.1, 0.15) is 0 Å². The Bertz CT molecular complexity index is 1270. The Labute approximate surface area is 219 Å². The van der Waals surface area contributed by atoms with Gasteiger partial charge in [-0.3, -0.25) is 9.78 Å². The molecule has 7 nitrogen and oxygen atoms in total. The fraction of sp³-hybridized carbons (Fsp3) is 0.423. The van der Waals surface area contributed by atoms with Crippen LogP contribution in [0.4, 0.5) is 0 Å². The van der Waals surface area contributed by atoms with Gasteiger partial charge in [0.15, 0.2) is 5.17 Å². The number of esters is 1. The first-order valence-corrected chi connectivity index (χ1v) is 12.5. The summed E-state index contributed by atoms with van der Waals surface area (Å²) in [5.41, 5.74) is 4.90. The zero-order valence-corrected chi connectivity index (χ0v) is 23.2. The third-order valence-electron chi connectivity index (χ3n) is 6.01. The molecule has 0 radical (unpaired) electrons. The Morgan fingerprint density at radius 2 is 2.06 bits per heavy atom. The van der Waals surface area contributed by atoms with E-state index in [2.05, 4.69) is 63.5 Å². The van der Waals surface area contributed by atoms with Crippen LogP contribution < -0.4 is 0 Å². The van der Waals surface area contributed by atoms with Crippen molar-refractivity contribution in [2.24, 2.45) is 10.6 Å². The number of ether oxygens (including phenoxy) is 2. The molecule has 0 spiro atoms. The van der Waals surface area contributed by atoms with Crippen LogP contribution in [0.25, 0.3) is 22.2 Å².